The number of amides is 2. The summed E-state index contributed by atoms with van der Waals surface area (Å²) >= 11 is 5.59. The van der Waals surface area contributed by atoms with E-state index in [4.69, 9.17) is 16.3 Å². The molecule has 0 aliphatic rings. The van der Waals surface area contributed by atoms with Crippen LogP contribution in [0.4, 0.5) is 5.69 Å². The lowest BCUT2D eigenvalue weighted by Gasteiger charge is -2.08. The molecule has 7 heteroatoms. The quantitative estimate of drug-likeness (QED) is 0.592. The Morgan fingerprint density at radius 1 is 1.23 bits per heavy atom. The number of carbonyl (C=O) groups is 3. The number of halogens is 1. The van der Waals surface area contributed by atoms with Gasteiger partial charge >= 0.3 is 5.97 Å². The van der Waals surface area contributed by atoms with Crippen molar-refractivity contribution in [3.05, 3.63) is 29.8 Å². The molecule has 1 atom stereocenters. The molecule has 0 radical (unpaired) electrons. The fourth-order valence-corrected chi connectivity index (χ4v) is 1.64. The van der Waals surface area contributed by atoms with Crippen molar-refractivity contribution < 1.29 is 19.1 Å². The van der Waals surface area contributed by atoms with E-state index in [1.807, 2.05) is 0 Å². The van der Waals surface area contributed by atoms with Gasteiger partial charge in [0.05, 0.1) is 12.2 Å². The number of anilines is 1. The number of alkyl halides is 1. The summed E-state index contributed by atoms with van der Waals surface area (Å²) in [5.74, 6) is -0.960. The first-order chi connectivity index (χ1) is 10.4. The molecule has 2 N–H and O–H groups in total. The fourth-order valence-electron chi connectivity index (χ4n) is 1.57. The summed E-state index contributed by atoms with van der Waals surface area (Å²) in [6.45, 7) is 3.81. The maximum Gasteiger partial charge on any atom is 0.338 e. The second-order valence-corrected chi connectivity index (χ2v) is 5.16. The second-order valence-electron chi connectivity index (χ2n) is 4.50. The van der Waals surface area contributed by atoms with Crippen LogP contribution in [-0.2, 0) is 14.3 Å². The van der Waals surface area contributed by atoms with E-state index in [2.05, 4.69) is 10.6 Å². The average molecular weight is 327 g/mol. The molecule has 1 rings (SSSR count). The molecule has 6 nitrogen and oxygen atoms in total. The zero-order chi connectivity index (χ0) is 16.5. The van der Waals surface area contributed by atoms with Crippen LogP contribution in [-0.4, -0.2) is 36.3 Å². The summed E-state index contributed by atoms with van der Waals surface area (Å²) in [5, 5.41) is 4.59. The van der Waals surface area contributed by atoms with Gasteiger partial charge in [-0.3, -0.25) is 9.59 Å². The molecule has 22 heavy (non-hydrogen) atoms. The van der Waals surface area contributed by atoms with Crippen LogP contribution in [0.2, 0.25) is 0 Å². The molecular weight excluding hydrogens is 308 g/mol. The van der Waals surface area contributed by atoms with Gasteiger partial charge in [0.25, 0.3) is 0 Å². The van der Waals surface area contributed by atoms with Gasteiger partial charge in [-0.15, -0.1) is 11.6 Å². The summed E-state index contributed by atoms with van der Waals surface area (Å²) in [5.41, 5.74) is 0.985. The molecule has 120 valence electrons. The minimum atomic E-state index is -0.626. The Morgan fingerprint density at radius 2 is 1.86 bits per heavy atom. The number of nitrogens with one attached hydrogen (secondary N) is 2. The van der Waals surface area contributed by atoms with Crippen LogP contribution in [0.15, 0.2) is 24.3 Å². The van der Waals surface area contributed by atoms with Gasteiger partial charge < -0.3 is 15.4 Å². The highest BCUT2D eigenvalue weighted by molar-refractivity contribution is 6.30. The molecule has 0 aliphatic carbocycles. The molecule has 0 saturated heterocycles. The first-order valence-corrected chi connectivity index (χ1v) is 7.36. The van der Waals surface area contributed by atoms with Crippen molar-refractivity contribution in [2.75, 3.05) is 18.5 Å². The highest BCUT2D eigenvalue weighted by Crippen LogP contribution is 2.10. The Morgan fingerprint density at radius 3 is 2.41 bits per heavy atom. The molecule has 0 spiro atoms. The van der Waals surface area contributed by atoms with Crippen molar-refractivity contribution in [1.82, 2.24) is 5.32 Å². The van der Waals surface area contributed by atoms with Gasteiger partial charge in [-0.1, -0.05) is 0 Å². The lowest BCUT2D eigenvalue weighted by Crippen LogP contribution is -2.32. The molecule has 2 amide bonds. The van der Waals surface area contributed by atoms with Gasteiger partial charge in [0.1, 0.15) is 5.38 Å². The third-order valence-electron chi connectivity index (χ3n) is 2.69. The minimum Gasteiger partial charge on any atom is -0.462 e. The normalized spacial score (nSPS) is 11.4. The number of rotatable bonds is 7. The number of hydrogen-bond donors (Lipinski definition) is 2. The zero-order valence-corrected chi connectivity index (χ0v) is 13.3. The monoisotopic (exact) mass is 326 g/mol. The third-order valence-corrected chi connectivity index (χ3v) is 2.89. The number of benzene rings is 1. The van der Waals surface area contributed by atoms with Crippen molar-refractivity contribution >= 4 is 35.1 Å². The van der Waals surface area contributed by atoms with E-state index in [0.29, 0.717) is 17.9 Å². The van der Waals surface area contributed by atoms with E-state index < -0.39 is 11.3 Å². The zero-order valence-electron chi connectivity index (χ0n) is 12.5. The van der Waals surface area contributed by atoms with E-state index in [9.17, 15) is 14.4 Å². The maximum absolute atomic E-state index is 11.7. The van der Waals surface area contributed by atoms with Crippen molar-refractivity contribution in [2.24, 2.45) is 0 Å². The van der Waals surface area contributed by atoms with Crippen LogP contribution in [0.5, 0.6) is 0 Å². The number of ether oxygens (including phenoxy) is 1. The summed E-state index contributed by atoms with van der Waals surface area (Å²) < 4.78 is 4.87. The first kappa shape index (κ1) is 18.0. The number of esters is 1. The van der Waals surface area contributed by atoms with Crippen molar-refractivity contribution in [1.29, 1.82) is 0 Å². The predicted octanol–water partition coefficient (Wildman–Crippen LogP) is 1.94. The topological polar surface area (TPSA) is 84.5 Å². The smallest absolute Gasteiger partial charge is 0.338 e. The third kappa shape index (κ3) is 6.13. The van der Waals surface area contributed by atoms with Crippen LogP contribution in [0.1, 0.15) is 30.6 Å². The van der Waals surface area contributed by atoms with Crippen LogP contribution in [0, 0.1) is 0 Å². The molecule has 0 unspecified atom stereocenters. The highest BCUT2D eigenvalue weighted by Gasteiger charge is 2.10. The standard InChI is InChI=1S/C15H19ClN2O4/c1-3-22-15(21)11-4-6-12(7-5-11)18-13(19)8-9-17-14(20)10(2)16/h4-7,10H,3,8-9H2,1-2H3,(H,17,20)(H,18,19)/t10-/m0/s1. The van der Waals surface area contributed by atoms with Crippen molar-refractivity contribution in [3.63, 3.8) is 0 Å². The van der Waals surface area contributed by atoms with Gasteiger partial charge in [-0.25, -0.2) is 4.79 Å². The molecule has 0 aromatic heterocycles. The van der Waals surface area contributed by atoms with E-state index in [-0.39, 0.29) is 24.8 Å². The molecular formula is C15H19ClN2O4. The van der Waals surface area contributed by atoms with E-state index >= 15 is 0 Å². The SMILES string of the molecule is CCOC(=O)c1ccc(NC(=O)CCNC(=O)[C@H](C)Cl)cc1. The van der Waals surface area contributed by atoms with Gasteiger partial charge in [0.15, 0.2) is 0 Å². The van der Waals surface area contributed by atoms with E-state index in [1.165, 1.54) is 0 Å². The summed E-state index contributed by atoms with van der Waals surface area (Å²) in [4.78, 5) is 34.4. The number of hydrogen-bond acceptors (Lipinski definition) is 4. The van der Waals surface area contributed by atoms with Crippen molar-refractivity contribution in [3.8, 4) is 0 Å². The highest BCUT2D eigenvalue weighted by atomic mass is 35.5. The summed E-state index contributed by atoms with van der Waals surface area (Å²) in [6.07, 6.45) is 0.134. The van der Waals surface area contributed by atoms with E-state index in [0.717, 1.165) is 0 Å². The van der Waals surface area contributed by atoms with Gasteiger partial charge in [0.2, 0.25) is 11.8 Å². The maximum atomic E-state index is 11.7. The first-order valence-electron chi connectivity index (χ1n) is 6.92. The summed E-state index contributed by atoms with van der Waals surface area (Å²) in [7, 11) is 0. The Hall–Kier alpha value is -2.08. The average Bonchev–Trinajstić information content (AvgIpc) is 2.48. The molecule has 0 fully saturated rings. The van der Waals surface area contributed by atoms with Gasteiger partial charge in [-0.2, -0.15) is 0 Å². The molecule has 0 heterocycles. The lowest BCUT2D eigenvalue weighted by molar-refractivity contribution is -0.120. The largest absolute Gasteiger partial charge is 0.462 e. The Bertz CT molecular complexity index is 529. The number of carbonyl (C=O) groups excluding carboxylic acids is 3. The molecule has 1 aromatic carbocycles. The second kappa shape index (κ2) is 9.04. The van der Waals surface area contributed by atoms with Crippen LogP contribution < -0.4 is 10.6 Å². The summed E-state index contributed by atoms with van der Waals surface area (Å²) in [6, 6.07) is 6.38. The van der Waals surface area contributed by atoms with Gasteiger partial charge in [-0.05, 0) is 38.1 Å². The molecule has 0 aliphatic heterocycles. The fraction of sp³-hybridized carbons (Fsp3) is 0.400. The minimum absolute atomic E-state index is 0.134. The van der Waals surface area contributed by atoms with Gasteiger partial charge in [0, 0.05) is 18.7 Å². The lowest BCUT2D eigenvalue weighted by atomic mass is 10.2. The Labute approximate surface area is 134 Å². The molecule has 0 bridgehead atoms. The van der Waals surface area contributed by atoms with Crippen LogP contribution in [0.3, 0.4) is 0 Å². The Balaban J connectivity index is 2.41. The van der Waals surface area contributed by atoms with Crippen LogP contribution >= 0.6 is 11.6 Å². The van der Waals surface area contributed by atoms with E-state index in [1.54, 1.807) is 38.1 Å². The molecule has 0 saturated carbocycles. The van der Waals surface area contributed by atoms with Crippen molar-refractivity contribution in [2.45, 2.75) is 25.6 Å². The Kier molecular flexibility index (Phi) is 7.39. The molecule has 1 aromatic rings. The van der Waals surface area contributed by atoms with Crippen LogP contribution in [0.25, 0.3) is 0 Å². The predicted molar refractivity (Wildman–Crippen MR) is 84.0 cm³/mol.